The Morgan fingerprint density at radius 3 is 2.73 bits per heavy atom. The van der Waals surface area contributed by atoms with Crippen LogP contribution in [-0.2, 0) is 13.2 Å². The highest BCUT2D eigenvalue weighted by Crippen LogP contribution is 2.26. The number of aryl methyl sites for hydroxylation is 2. The SMILES string of the molecule is CCN1CCCC1CNCc1cc(C)c(OCc2ccccn2)c(C)c1. The molecule has 0 bridgehead atoms. The maximum Gasteiger partial charge on any atom is 0.130 e. The highest BCUT2D eigenvalue weighted by atomic mass is 16.5. The Balaban J connectivity index is 1.55. The zero-order chi connectivity index (χ0) is 18.4. The fourth-order valence-corrected chi connectivity index (χ4v) is 3.93. The van der Waals surface area contributed by atoms with E-state index in [1.165, 1.54) is 36.1 Å². The van der Waals surface area contributed by atoms with Crippen molar-refractivity contribution in [2.75, 3.05) is 19.6 Å². The predicted molar refractivity (Wildman–Crippen MR) is 106 cm³/mol. The number of nitrogens with zero attached hydrogens (tertiary/aromatic N) is 2. The molecule has 26 heavy (non-hydrogen) atoms. The minimum Gasteiger partial charge on any atom is -0.487 e. The first kappa shape index (κ1) is 18.9. The molecule has 1 aromatic heterocycles. The molecular weight excluding hydrogens is 322 g/mol. The highest BCUT2D eigenvalue weighted by molar-refractivity contribution is 5.43. The number of ether oxygens (including phenoxy) is 1. The van der Waals surface area contributed by atoms with E-state index in [1.54, 1.807) is 6.20 Å². The molecule has 4 heteroatoms. The third kappa shape index (κ3) is 4.83. The first-order chi connectivity index (χ1) is 12.7. The number of hydrogen-bond acceptors (Lipinski definition) is 4. The summed E-state index contributed by atoms with van der Waals surface area (Å²) in [6.07, 6.45) is 4.46. The fraction of sp³-hybridized carbons (Fsp3) is 0.500. The molecule has 0 saturated carbocycles. The first-order valence-electron chi connectivity index (χ1n) is 9.75. The molecule has 3 rings (SSSR count). The van der Waals surface area contributed by atoms with Gasteiger partial charge in [-0.15, -0.1) is 0 Å². The number of likely N-dealkylation sites (tertiary alicyclic amines) is 1. The summed E-state index contributed by atoms with van der Waals surface area (Å²) in [5.74, 6) is 0.979. The molecule has 1 aliphatic heterocycles. The molecule has 0 radical (unpaired) electrons. The summed E-state index contributed by atoms with van der Waals surface area (Å²) < 4.78 is 6.03. The average molecular weight is 354 g/mol. The summed E-state index contributed by atoms with van der Waals surface area (Å²) in [6.45, 7) is 11.4. The van der Waals surface area contributed by atoms with Gasteiger partial charge in [0.05, 0.1) is 5.69 Å². The van der Waals surface area contributed by atoms with Crippen LogP contribution in [0.25, 0.3) is 0 Å². The lowest BCUT2D eigenvalue weighted by atomic mass is 10.1. The summed E-state index contributed by atoms with van der Waals surface area (Å²) in [5, 5.41) is 3.65. The maximum atomic E-state index is 6.03. The van der Waals surface area contributed by atoms with Crippen LogP contribution < -0.4 is 10.1 Å². The molecule has 140 valence electrons. The summed E-state index contributed by atoms with van der Waals surface area (Å²) in [6, 6.07) is 11.1. The van der Waals surface area contributed by atoms with E-state index in [9.17, 15) is 0 Å². The Kier molecular flexibility index (Phi) is 6.64. The molecular formula is C22H31N3O. The number of hydrogen-bond donors (Lipinski definition) is 1. The van der Waals surface area contributed by atoms with Crippen molar-refractivity contribution in [2.24, 2.45) is 0 Å². The van der Waals surface area contributed by atoms with Gasteiger partial charge in [-0.25, -0.2) is 0 Å². The monoisotopic (exact) mass is 353 g/mol. The summed E-state index contributed by atoms with van der Waals surface area (Å²) >= 11 is 0. The topological polar surface area (TPSA) is 37.4 Å². The lowest BCUT2D eigenvalue weighted by Crippen LogP contribution is -2.37. The molecule has 2 heterocycles. The quantitative estimate of drug-likeness (QED) is 0.782. The minimum absolute atomic E-state index is 0.509. The Morgan fingerprint density at radius 2 is 2.04 bits per heavy atom. The van der Waals surface area contributed by atoms with Gasteiger partial charge >= 0.3 is 0 Å². The van der Waals surface area contributed by atoms with Gasteiger partial charge in [0.1, 0.15) is 12.4 Å². The van der Waals surface area contributed by atoms with Crippen molar-refractivity contribution >= 4 is 0 Å². The van der Waals surface area contributed by atoms with Gasteiger partial charge in [-0.2, -0.15) is 0 Å². The summed E-state index contributed by atoms with van der Waals surface area (Å²) in [4.78, 5) is 6.90. The molecule has 0 amide bonds. The number of rotatable bonds is 8. The molecule has 1 aliphatic rings. The zero-order valence-electron chi connectivity index (χ0n) is 16.3. The van der Waals surface area contributed by atoms with E-state index in [1.807, 2.05) is 18.2 Å². The molecule has 1 fully saturated rings. The van der Waals surface area contributed by atoms with E-state index in [4.69, 9.17) is 4.74 Å². The normalized spacial score (nSPS) is 17.6. The maximum absolute atomic E-state index is 6.03. The van der Waals surface area contributed by atoms with Crippen LogP contribution in [-0.4, -0.2) is 35.6 Å². The number of nitrogens with one attached hydrogen (secondary N) is 1. The van der Waals surface area contributed by atoms with E-state index in [-0.39, 0.29) is 0 Å². The minimum atomic E-state index is 0.509. The van der Waals surface area contributed by atoms with Crippen LogP contribution >= 0.6 is 0 Å². The predicted octanol–water partition coefficient (Wildman–Crippen LogP) is 3.85. The van der Waals surface area contributed by atoms with Gasteiger partial charge in [-0.05, 0) is 68.6 Å². The smallest absolute Gasteiger partial charge is 0.130 e. The number of pyridine rings is 1. The van der Waals surface area contributed by atoms with Crippen LogP contribution in [0, 0.1) is 13.8 Å². The number of likely N-dealkylation sites (N-methyl/N-ethyl adjacent to an activating group) is 1. The van der Waals surface area contributed by atoms with Crippen molar-refractivity contribution in [3.05, 3.63) is 58.9 Å². The van der Waals surface area contributed by atoms with Crippen LogP contribution in [0.4, 0.5) is 0 Å². The van der Waals surface area contributed by atoms with Crippen LogP contribution in [0.2, 0.25) is 0 Å². The summed E-state index contributed by atoms with van der Waals surface area (Å²) in [5.41, 5.74) is 4.66. The average Bonchev–Trinajstić information content (AvgIpc) is 3.09. The molecule has 1 aromatic carbocycles. The van der Waals surface area contributed by atoms with Gasteiger partial charge in [0, 0.05) is 25.3 Å². The Hall–Kier alpha value is -1.91. The summed E-state index contributed by atoms with van der Waals surface area (Å²) in [7, 11) is 0. The molecule has 1 saturated heterocycles. The highest BCUT2D eigenvalue weighted by Gasteiger charge is 2.22. The lowest BCUT2D eigenvalue weighted by molar-refractivity contribution is 0.260. The van der Waals surface area contributed by atoms with E-state index in [0.29, 0.717) is 12.6 Å². The van der Waals surface area contributed by atoms with Crippen LogP contribution in [0.5, 0.6) is 5.75 Å². The number of aromatic nitrogens is 1. The second-order valence-corrected chi connectivity index (χ2v) is 7.22. The Bertz CT molecular complexity index is 679. The second kappa shape index (κ2) is 9.15. The molecule has 0 spiro atoms. The third-order valence-corrected chi connectivity index (χ3v) is 5.22. The van der Waals surface area contributed by atoms with E-state index in [2.05, 4.69) is 48.1 Å². The first-order valence-corrected chi connectivity index (χ1v) is 9.75. The van der Waals surface area contributed by atoms with Crippen LogP contribution in [0.3, 0.4) is 0 Å². The van der Waals surface area contributed by atoms with Crippen molar-refractivity contribution in [3.8, 4) is 5.75 Å². The molecule has 2 aromatic rings. The van der Waals surface area contributed by atoms with Gasteiger partial charge in [-0.3, -0.25) is 9.88 Å². The molecule has 4 nitrogen and oxygen atoms in total. The number of benzene rings is 1. The van der Waals surface area contributed by atoms with E-state index < -0.39 is 0 Å². The molecule has 0 aliphatic carbocycles. The molecule has 1 unspecified atom stereocenters. The standard InChI is InChI=1S/C22H31N3O/c1-4-25-11-7-9-21(25)15-23-14-19-12-17(2)22(18(3)13-19)26-16-20-8-5-6-10-24-20/h5-6,8,10,12-13,21,23H,4,7,9,11,14-16H2,1-3H3. The van der Waals surface area contributed by atoms with Crippen molar-refractivity contribution in [3.63, 3.8) is 0 Å². The van der Waals surface area contributed by atoms with Gasteiger partial charge in [0.15, 0.2) is 0 Å². The zero-order valence-corrected chi connectivity index (χ0v) is 16.3. The lowest BCUT2D eigenvalue weighted by Gasteiger charge is -2.23. The molecule has 1 atom stereocenters. The van der Waals surface area contributed by atoms with Crippen molar-refractivity contribution in [1.29, 1.82) is 0 Å². The van der Waals surface area contributed by atoms with Crippen LogP contribution in [0.15, 0.2) is 36.5 Å². The Labute approximate surface area is 157 Å². The fourth-order valence-electron chi connectivity index (χ4n) is 3.93. The second-order valence-electron chi connectivity index (χ2n) is 7.22. The van der Waals surface area contributed by atoms with Gasteiger partial charge in [0.25, 0.3) is 0 Å². The Morgan fingerprint density at radius 1 is 1.23 bits per heavy atom. The van der Waals surface area contributed by atoms with Crippen molar-refractivity contribution < 1.29 is 4.74 Å². The van der Waals surface area contributed by atoms with Crippen molar-refractivity contribution in [1.82, 2.24) is 15.2 Å². The largest absolute Gasteiger partial charge is 0.487 e. The third-order valence-electron chi connectivity index (χ3n) is 5.22. The van der Waals surface area contributed by atoms with Crippen LogP contribution in [0.1, 0.15) is 42.1 Å². The van der Waals surface area contributed by atoms with Gasteiger partial charge in [-0.1, -0.05) is 25.1 Å². The van der Waals surface area contributed by atoms with E-state index >= 15 is 0 Å². The van der Waals surface area contributed by atoms with E-state index in [0.717, 1.165) is 31.1 Å². The van der Waals surface area contributed by atoms with Crippen molar-refractivity contribution in [2.45, 2.75) is 52.8 Å². The van der Waals surface area contributed by atoms with Gasteiger partial charge < -0.3 is 10.1 Å². The molecule has 1 N–H and O–H groups in total. The van der Waals surface area contributed by atoms with Gasteiger partial charge in [0.2, 0.25) is 0 Å².